The van der Waals surface area contributed by atoms with Gasteiger partial charge in [-0.2, -0.15) is 0 Å². The Labute approximate surface area is 156 Å². The van der Waals surface area contributed by atoms with E-state index in [1.54, 1.807) is 30.3 Å². The topological polar surface area (TPSA) is 118 Å². The summed E-state index contributed by atoms with van der Waals surface area (Å²) < 4.78 is 27.1. The number of para-hydroxylation sites is 1. The first-order valence-corrected chi connectivity index (χ1v) is 8.31. The molecule has 1 aliphatic heterocycles. The van der Waals surface area contributed by atoms with Crippen molar-refractivity contribution >= 4 is 17.9 Å². The molecule has 1 saturated heterocycles. The molecule has 0 radical (unpaired) electrons. The summed E-state index contributed by atoms with van der Waals surface area (Å²) in [4.78, 5) is 34.6. The molecule has 0 spiro atoms. The highest BCUT2D eigenvalue weighted by Gasteiger charge is 2.52. The summed E-state index contributed by atoms with van der Waals surface area (Å²) >= 11 is 0. The molecule has 1 unspecified atom stereocenters. The van der Waals surface area contributed by atoms with E-state index in [0.29, 0.717) is 5.75 Å². The van der Waals surface area contributed by atoms with Crippen LogP contribution in [0.15, 0.2) is 30.3 Å². The van der Waals surface area contributed by atoms with Crippen LogP contribution in [0.1, 0.15) is 20.8 Å². The SMILES string of the molecule is CC(=O)O[C@H]1[C@H](OC(C)=O)[C@@H](CO)OC(Oc2ccccc2)[C@H]1OC(C)=O. The van der Waals surface area contributed by atoms with E-state index in [0.717, 1.165) is 13.8 Å². The molecule has 9 nitrogen and oxygen atoms in total. The van der Waals surface area contributed by atoms with Crippen molar-refractivity contribution < 1.29 is 43.2 Å². The van der Waals surface area contributed by atoms with Gasteiger partial charge in [-0.15, -0.1) is 0 Å². The van der Waals surface area contributed by atoms with E-state index < -0.39 is 55.2 Å². The summed E-state index contributed by atoms with van der Waals surface area (Å²) in [5.74, 6) is -1.63. The largest absolute Gasteiger partial charge is 0.461 e. The van der Waals surface area contributed by atoms with Crippen molar-refractivity contribution in [3.05, 3.63) is 30.3 Å². The van der Waals surface area contributed by atoms with Crippen molar-refractivity contribution in [1.29, 1.82) is 0 Å². The smallest absolute Gasteiger partial charge is 0.303 e. The summed E-state index contributed by atoms with van der Waals surface area (Å²) in [6.45, 7) is 2.94. The van der Waals surface area contributed by atoms with Crippen LogP contribution in [0.5, 0.6) is 5.75 Å². The highest BCUT2D eigenvalue weighted by atomic mass is 16.7. The lowest BCUT2D eigenvalue weighted by atomic mass is 9.98. The number of carbonyl (C=O) groups is 3. The molecule has 0 saturated carbocycles. The Morgan fingerprint density at radius 3 is 1.93 bits per heavy atom. The minimum atomic E-state index is -1.23. The maximum absolute atomic E-state index is 11.6. The first-order valence-electron chi connectivity index (χ1n) is 8.31. The number of carbonyl (C=O) groups excluding carboxylic acids is 3. The number of benzene rings is 1. The summed E-state index contributed by atoms with van der Waals surface area (Å²) in [5.41, 5.74) is 0. The zero-order valence-electron chi connectivity index (χ0n) is 15.2. The van der Waals surface area contributed by atoms with Crippen LogP contribution in [0, 0.1) is 0 Å². The Balaban J connectivity index is 2.38. The van der Waals surface area contributed by atoms with Gasteiger partial charge >= 0.3 is 17.9 Å². The van der Waals surface area contributed by atoms with Crippen LogP contribution in [0.3, 0.4) is 0 Å². The third kappa shape index (κ3) is 5.66. The molecular formula is C18H22O9. The summed E-state index contributed by atoms with van der Waals surface area (Å²) in [6, 6.07) is 8.55. The van der Waals surface area contributed by atoms with Gasteiger partial charge in [0.15, 0.2) is 12.2 Å². The maximum atomic E-state index is 11.6. The van der Waals surface area contributed by atoms with E-state index in [2.05, 4.69) is 0 Å². The molecule has 1 heterocycles. The molecule has 1 aromatic rings. The summed E-state index contributed by atoms with van der Waals surface area (Å²) in [5, 5.41) is 9.66. The van der Waals surface area contributed by atoms with E-state index >= 15 is 0 Å². The molecule has 1 aromatic carbocycles. The Bertz CT molecular complexity index is 660. The molecule has 0 aromatic heterocycles. The molecule has 1 fully saturated rings. The van der Waals surface area contributed by atoms with Gasteiger partial charge in [0, 0.05) is 20.8 Å². The van der Waals surface area contributed by atoms with Crippen LogP contribution >= 0.6 is 0 Å². The lowest BCUT2D eigenvalue weighted by Crippen LogP contribution is -2.63. The fraction of sp³-hybridized carbons (Fsp3) is 0.500. The number of hydrogen-bond donors (Lipinski definition) is 1. The quantitative estimate of drug-likeness (QED) is 0.557. The average molecular weight is 382 g/mol. The summed E-state index contributed by atoms with van der Waals surface area (Å²) in [7, 11) is 0. The minimum Gasteiger partial charge on any atom is -0.461 e. The number of ether oxygens (including phenoxy) is 5. The lowest BCUT2D eigenvalue weighted by molar-refractivity contribution is -0.287. The average Bonchev–Trinajstić information content (AvgIpc) is 2.59. The van der Waals surface area contributed by atoms with E-state index in [-0.39, 0.29) is 0 Å². The zero-order chi connectivity index (χ0) is 20.0. The lowest BCUT2D eigenvalue weighted by Gasteiger charge is -2.43. The monoisotopic (exact) mass is 382 g/mol. The fourth-order valence-corrected chi connectivity index (χ4v) is 2.73. The third-order valence-corrected chi connectivity index (χ3v) is 3.67. The van der Waals surface area contributed by atoms with Gasteiger partial charge in [-0.3, -0.25) is 14.4 Å². The number of hydrogen-bond acceptors (Lipinski definition) is 9. The Morgan fingerprint density at radius 2 is 1.41 bits per heavy atom. The van der Waals surface area contributed by atoms with Crippen molar-refractivity contribution in [3.63, 3.8) is 0 Å². The molecule has 0 amide bonds. The second-order valence-electron chi connectivity index (χ2n) is 5.88. The molecule has 148 valence electrons. The Kier molecular flexibility index (Phi) is 7.14. The van der Waals surface area contributed by atoms with Crippen molar-refractivity contribution in [3.8, 4) is 5.75 Å². The van der Waals surface area contributed by atoms with Gasteiger partial charge in [0.05, 0.1) is 6.61 Å². The number of rotatable bonds is 6. The normalized spacial score (nSPS) is 27.3. The van der Waals surface area contributed by atoms with Gasteiger partial charge in [0.25, 0.3) is 0 Å². The van der Waals surface area contributed by atoms with Crippen LogP contribution in [0.2, 0.25) is 0 Å². The van der Waals surface area contributed by atoms with Gasteiger partial charge in [-0.25, -0.2) is 0 Å². The van der Waals surface area contributed by atoms with Crippen molar-refractivity contribution in [1.82, 2.24) is 0 Å². The van der Waals surface area contributed by atoms with E-state index in [9.17, 15) is 19.5 Å². The van der Waals surface area contributed by atoms with E-state index in [1.807, 2.05) is 0 Å². The van der Waals surface area contributed by atoms with Gasteiger partial charge in [0.1, 0.15) is 11.9 Å². The van der Waals surface area contributed by atoms with Crippen molar-refractivity contribution in [2.75, 3.05) is 6.61 Å². The van der Waals surface area contributed by atoms with E-state index in [1.165, 1.54) is 6.92 Å². The predicted octanol–water partition coefficient (Wildman–Crippen LogP) is 0.578. The second kappa shape index (κ2) is 9.33. The molecule has 27 heavy (non-hydrogen) atoms. The van der Waals surface area contributed by atoms with Gasteiger partial charge < -0.3 is 28.8 Å². The fourth-order valence-electron chi connectivity index (χ4n) is 2.73. The highest BCUT2D eigenvalue weighted by Crippen LogP contribution is 2.30. The molecule has 0 aliphatic carbocycles. The number of aliphatic hydroxyl groups excluding tert-OH is 1. The maximum Gasteiger partial charge on any atom is 0.303 e. The molecular weight excluding hydrogens is 360 g/mol. The molecule has 2 rings (SSSR count). The first kappa shape index (κ1) is 20.7. The van der Waals surface area contributed by atoms with Gasteiger partial charge in [-0.05, 0) is 12.1 Å². The zero-order valence-corrected chi connectivity index (χ0v) is 15.2. The Morgan fingerprint density at radius 1 is 0.889 bits per heavy atom. The predicted molar refractivity (Wildman–Crippen MR) is 89.5 cm³/mol. The number of esters is 3. The molecule has 9 heteroatoms. The Hall–Kier alpha value is -2.65. The first-order chi connectivity index (χ1) is 12.8. The van der Waals surface area contributed by atoms with Crippen LogP contribution < -0.4 is 4.74 Å². The highest BCUT2D eigenvalue weighted by molar-refractivity contribution is 5.68. The second-order valence-corrected chi connectivity index (χ2v) is 5.88. The minimum absolute atomic E-state index is 0.406. The molecule has 1 N–H and O–H groups in total. The molecule has 5 atom stereocenters. The number of aliphatic hydroxyl groups is 1. The van der Waals surface area contributed by atoms with E-state index in [4.69, 9.17) is 23.7 Å². The molecule has 1 aliphatic rings. The molecule has 0 bridgehead atoms. The standard InChI is InChI=1S/C18H22O9/c1-10(20)23-15-14(9-19)27-18(26-13-7-5-4-6-8-13)17(25-12(3)22)16(15)24-11(2)21/h4-8,14-19H,9H2,1-3H3/t14-,15-,16+,17+,18?/m1/s1. The van der Waals surface area contributed by atoms with Crippen LogP contribution in [-0.2, 0) is 33.3 Å². The van der Waals surface area contributed by atoms with Crippen LogP contribution in [-0.4, -0.2) is 60.3 Å². The van der Waals surface area contributed by atoms with Crippen molar-refractivity contribution in [2.45, 2.75) is 51.5 Å². The third-order valence-electron chi connectivity index (χ3n) is 3.67. The van der Waals surface area contributed by atoms with Crippen LogP contribution in [0.25, 0.3) is 0 Å². The van der Waals surface area contributed by atoms with Crippen molar-refractivity contribution in [2.24, 2.45) is 0 Å². The van der Waals surface area contributed by atoms with Gasteiger partial charge in [0.2, 0.25) is 12.4 Å². The van der Waals surface area contributed by atoms with Crippen LogP contribution in [0.4, 0.5) is 0 Å². The summed E-state index contributed by atoms with van der Waals surface area (Å²) in [6.07, 6.45) is -5.89. The van der Waals surface area contributed by atoms with Gasteiger partial charge in [-0.1, -0.05) is 18.2 Å².